The molecule has 2 unspecified atom stereocenters. The van der Waals surface area contributed by atoms with Crippen LogP contribution in [0.4, 0.5) is 0 Å². The smallest absolute Gasteiger partial charge is 0.308 e. The average molecular weight is 344 g/mol. The first-order valence-electron chi connectivity index (χ1n) is 8.27. The van der Waals surface area contributed by atoms with Crippen LogP contribution in [0, 0.1) is 11.8 Å². The summed E-state index contributed by atoms with van der Waals surface area (Å²) in [6, 6.07) is 9.91. The molecule has 0 aliphatic heterocycles. The molecule has 0 aliphatic rings. The van der Waals surface area contributed by atoms with Crippen molar-refractivity contribution >= 4 is 5.97 Å². The number of hydrogen-bond donors (Lipinski definition) is 3. The lowest BCUT2D eigenvalue weighted by atomic mass is 9.85. The monoisotopic (exact) mass is 344 g/mol. The van der Waals surface area contributed by atoms with Gasteiger partial charge in [-0.25, -0.2) is 0 Å². The number of aromatic hydroxyl groups is 3. The summed E-state index contributed by atoms with van der Waals surface area (Å²) in [6.45, 7) is 5.55. The molecule has 5 nitrogen and oxygen atoms in total. The van der Waals surface area contributed by atoms with Crippen LogP contribution in [-0.4, -0.2) is 21.3 Å². The quantitative estimate of drug-likeness (QED) is 0.422. The van der Waals surface area contributed by atoms with E-state index in [9.17, 15) is 20.1 Å². The van der Waals surface area contributed by atoms with E-state index in [1.165, 1.54) is 19.1 Å². The van der Waals surface area contributed by atoms with Crippen LogP contribution < -0.4 is 4.74 Å². The number of phenols is 3. The number of esters is 1. The standard InChI is InChI=1S/C20H24O5/c1-12(8-15-4-6-17(22)19(24)10-15)13(2)9-16-5-7-18(23)20(11-16)25-14(3)21/h4-7,10-13,22-24H,8-9H2,1-3H3. The normalized spacial score (nSPS) is 13.2. The first-order chi connectivity index (χ1) is 11.8. The number of benzene rings is 2. The Morgan fingerprint density at radius 3 is 1.92 bits per heavy atom. The number of hydrogen-bond acceptors (Lipinski definition) is 5. The third-order valence-corrected chi connectivity index (χ3v) is 4.40. The molecule has 0 heterocycles. The van der Waals surface area contributed by atoms with E-state index in [-0.39, 0.29) is 23.0 Å². The van der Waals surface area contributed by atoms with Crippen molar-refractivity contribution in [3.8, 4) is 23.0 Å². The highest BCUT2D eigenvalue weighted by molar-refractivity contribution is 5.70. The van der Waals surface area contributed by atoms with E-state index < -0.39 is 5.97 Å². The maximum absolute atomic E-state index is 11.1. The molecule has 134 valence electrons. The second-order valence-electron chi connectivity index (χ2n) is 6.58. The van der Waals surface area contributed by atoms with Gasteiger partial charge in [-0.15, -0.1) is 0 Å². The zero-order chi connectivity index (χ0) is 18.6. The maximum Gasteiger partial charge on any atom is 0.308 e. The summed E-state index contributed by atoms with van der Waals surface area (Å²) in [5.41, 5.74) is 1.93. The van der Waals surface area contributed by atoms with Crippen molar-refractivity contribution < 1.29 is 24.9 Å². The molecule has 0 aliphatic carbocycles. The summed E-state index contributed by atoms with van der Waals surface area (Å²) < 4.78 is 5.01. The van der Waals surface area contributed by atoms with E-state index >= 15 is 0 Å². The predicted molar refractivity (Wildman–Crippen MR) is 94.9 cm³/mol. The largest absolute Gasteiger partial charge is 0.504 e. The highest BCUT2D eigenvalue weighted by Crippen LogP contribution is 2.31. The summed E-state index contributed by atoms with van der Waals surface area (Å²) in [6.07, 6.45) is 1.53. The lowest BCUT2D eigenvalue weighted by Gasteiger charge is -2.20. The van der Waals surface area contributed by atoms with Crippen LogP contribution in [0.1, 0.15) is 31.9 Å². The molecule has 0 amide bonds. The van der Waals surface area contributed by atoms with E-state index in [1.54, 1.807) is 18.2 Å². The summed E-state index contributed by atoms with van der Waals surface area (Å²) in [5.74, 6) is 0.0718. The molecular formula is C20H24O5. The maximum atomic E-state index is 11.1. The van der Waals surface area contributed by atoms with Gasteiger partial charge in [-0.05, 0) is 60.1 Å². The summed E-state index contributed by atoms with van der Waals surface area (Å²) in [7, 11) is 0. The van der Waals surface area contributed by atoms with E-state index in [2.05, 4.69) is 13.8 Å². The van der Waals surface area contributed by atoms with E-state index in [1.807, 2.05) is 6.07 Å². The van der Waals surface area contributed by atoms with Gasteiger partial charge in [0.1, 0.15) is 0 Å². The van der Waals surface area contributed by atoms with Crippen molar-refractivity contribution in [1.29, 1.82) is 0 Å². The third-order valence-electron chi connectivity index (χ3n) is 4.40. The van der Waals surface area contributed by atoms with Crippen LogP contribution in [0.5, 0.6) is 23.0 Å². The van der Waals surface area contributed by atoms with Gasteiger partial charge < -0.3 is 20.1 Å². The molecule has 0 fully saturated rings. The topological polar surface area (TPSA) is 87.0 Å². The minimum atomic E-state index is -0.471. The molecular weight excluding hydrogens is 320 g/mol. The number of ether oxygens (including phenoxy) is 1. The van der Waals surface area contributed by atoms with Crippen LogP contribution in [0.3, 0.4) is 0 Å². The molecule has 0 spiro atoms. The molecule has 0 saturated heterocycles. The fourth-order valence-corrected chi connectivity index (χ4v) is 2.76. The molecule has 2 rings (SSSR count). The van der Waals surface area contributed by atoms with E-state index in [0.29, 0.717) is 11.8 Å². The first kappa shape index (κ1) is 18.6. The second-order valence-corrected chi connectivity index (χ2v) is 6.58. The van der Waals surface area contributed by atoms with Gasteiger partial charge in [-0.3, -0.25) is 4.79 Å². The molecule has 3 N–H and O–H groups in total. The van der Waals surface area contributed by atoms with Crippen molar-refractivity contribution in [2.75, 3.05) is 0 Å². The molecule has 2 atom stereocenters. The Hall–Kier alpha value is -2.69. The Balaban J connectivity index is 2.04. The molecule has 0 aromatic heterocycles. The molecule has 0 bridgehead atoms. The molecule has 5 heteroatoms. The lowest BCUT2D eigenvalue weighted by molar-refractivity contribution is -0.132. The zero-order valence-corrected chi connectivity index (χ0v) is 14.7. The Morgan fingerprint density at radius 2 is 1.40 bits per heavy atom. The first-order valence-corrected chi connectivity index (χ1v) is 8.27. The van der Waals surface area contributed by atoms with Crippen LogP contribution >= 0.6 is 0 Å². The third kappa shape index (κ3) is 5.14. The molecule has 0 saturated carbocycles. The van der Waals surface area contributed by atoms with Crippen LogP contribution in [0.2, 0.25) is 0 Å². The van der Waals surface area contributed by atoms with Gasteiger partial charge in [0, 0.05) is 6.92 Å². The highest BCUT2D eigenvalue weighted by Gasteiger charge is 2.16. The molecule has 25 heavy (non-hydrogen) atoms. The Bertz CT molecular complexity index is 754. The van der Waals surface area contributed by atoms with Crippen LogP contribution in [-0.2, 0) is 17.6 Å². The van der Waals surface area contributed by atoms with Crippen molar-refractivity contribution in [3.63, 3.8) is 0 Å². The second kappa shape index (κ2) is 7.92. The predicted octanol–water partition coefficient (Wildman–Crippen LogP) is 3.79. The summed E-state index contributed by atoms with van der Waals surface area (Å²) >= 11 is 0. The minimum absolute atomic E-state index is 0.0563. The van der Waals surface area contributed by atoms with Gasteiger partial charge in [0.2, 0.25) is 0 Å². The SMILES string of the molecule is CC(=O)Oc1cc(CC(C)C(C)Cc2ccc(O)c(O)c2)ccc1O. The molecule has 2 aromatic rings. The lowest BCUT2D eigenvalue weighted by Crippen LogP contribution is -2.14. The van der Waals surface area contributed by atoms with Gasteiger partial charge in [0.25, 0.3) is 0 Å². The number of carbonyl (C=O) groups is 1. The van der Waals surface area contributed by atoms with Gasteiger partial charge >= 0.3 is 5.97 Å². The van der Waals surface area contributed by atoms with Gasteiger partial charge in [0.15, 0.2) is 23.0 Å². The van der Waals surface area contributed by atoms with E-state index in [0.717, 1.165) is 24.0 Å². The fourth-order valence-electron chi connectivity index (χ4n) is 2.76. The van der Waals surface area contributed by atoms with Gasteiger partial charge in [0.05, 0.1) is 0 Å². The van der Waals surface area contributed by atoms with Crippen LogP contribution in [0.25, 0.3) is 0 Å². The van der Waals surface area contributed by atoms with Gasteiger partial charge in [-0.2, -0.15) is 0 Å². The number of rotatable bonds is 6. The molecule has 0 radical (unpaired) electrons. The van der Waals surface area contributed by atoms with Crippen molar-refractivity contribution in [1.82, 2.24) is 0 Å². The average Bonchev–Trinajstić information content (AvgIpc) is 2.53. The Labute approximate surface area is 147 Å². The molecule has 2 aromatic carbocycles. The van der Waals surface area contributed by atoms with Crippen molar-refractivity contribution in [3.05, 3.63) is 47.5 Å². The van der Waals surface area contributed by atoms with E-state index in [4.69, 9.17) is 4.74 Å². The van der Waals surface area contributed by atoms with Crippen LogP contribution in [0.15, 0.2) is 36.4 Å². The van der Waals surface area contributed by atoms with Crippen molar-refractivity contribution in [2.24, 2.45) is 11.8 Å². The Morgan fingerprint density at radius 1 is 0.880 bits per heavy atom. The van der Waals surface area contributed by atoms with Crippen molar-refractivity contribution in [2.45, 2.75) is 33.6 Å². The number of phenolic OH excluding ortho intramolecular Hbond substituents is 3. The summed E-state index contributed by atoms with van der Waals surface area (Å²) in [4.78, 5) is 11.1. The zero-order valence-electron chi connectivity index (χ0n) is 14.7. The Kier molecular flexibility index (Phi) is 5.91. The summed E-state index contributed by atoms with van der Waals surface area (Å²) in [5, 5.41) is 28.7. The highest BCUT2D eigenvalue weighted by atomic mass is 16.5. The fraction of sp³-hybridized carbons (Fsp3) is 0.350. The minimum Gasteiger partial charge on any atom is -0.504 e. The number of carbonyl (C=O) groups excluding carboxylic acids is 1. The van der Waals surface area contributed by atoms with Gasteiger partial charge in [-0.1, -0.05) is 26.0 Å².